The molecule has 3 heterocycles. The van der Waals surface area contributed by atoms with Gasteiger partial charge >= 0.3 is 6.09 Å². The number of thioether (sulfide) groups is 1. The second-order valence-electron chi connectivity index (χ2n) is 6.08. The average Bonchev–Trinajstić information content (AvgIpc) is 3.24. The van der Waals surface area contributed by atoms with Gasteiger partial charge in [0.1, 0.15) is 11.1 Å². The van der Waals surface area contributed by atoms with Crippen molar-refractivity contribution >= 4 is 51.7 Å². The van der Waals surface area contributed by atoms with E-state index in [9.17, 15) is 14.4 Å². The number of rotatable bonds is 4. The van der Waals surface area contributed by atoms with E-state index in [2.05, 4.69) is 20.9 Å². The van der Waals surface area contributed by atoms with Crippen LogP contribution in [0.4, 0.5) is 15.5 Å². The topological polar surface area (TPSA) is 109 Å². The van der Waals surface area contributed by atoms with Crippen LogP contribution in [0.2, 0.25) is 0 Å². The number of carbonyl (C=O) groups excluding carboxylic acids is 3. The second kappa shape index (κ2) is 7.57. The third kappa shape index (κ3) is 3.91. The minimum atomic E-state index is -0.760. The summed E-state index contributed by atoms with van der Waals surface area (Å²) < 4.78 is 5.12. The summed E-state index contributed by atoms with van der Waals surface area (Å²) in [6.07, 6.45) is 5.13. The summed E-state index contributed by atoms with van der Waals surface area (Å²) in [4.78, 5) is 41.6. The maximum atomic E-state index is 12.5. The first-order valence-corrected chi connectivity index (χ1v) is 10.1. The summed E-state index contributed by atoms with van der Waals surface area (Å²) in [5.74, 6) is -0.889. The molecule has 2 aromatic heterocycles. The maximum absolute atomic E-state index is 12.5. The van der Waals surface area contributed by atoms with Gasteiger partial charge in [-0.3, -0.25) is 19.9 Å². The number of pyridine rings is 1. The van der Waals surface area contributed by atoms with Crippen LogP contribution in [0.3, 0.4) is 0 Å². The summed E-state index contributed by atoms with van der Waals surface area (Å²) in [6, 6.07) is 3.39. The van der Waals surface area contributed by atoms with Gasteiger partial charge in [0, 0.05) is 11.1 Å². The van der Waals surface area contributed by atoms with Crippen molar-refractivity contribution in [1.82, 2.24) is 10.3 Å². The number of aromatic nitrogens is 1. The highest BCUT2D eigenvalue weighted by atomic mass is 32.2. The van der Waals surface area contributed by atoms with Crippen LogP contribution in [0.25, 0.3) is 0 Å². The second-order valence-corrected chi connectivity index (χ2v) is 8.14. The van der Waals surface area contributed by atoms with Gasteiger partial charge in [0.25, 0.3) is 11.8 Å². The van der Waals surface area contributed by atoms with Gasteiger partial charge in [-0.1, -0.05) is 11.8 Å². The van der Waals surface area contributed by atoms with E-state index in [1.807, 2.05) is 6.07 Å². The lowest BCUT2D eigenvalue weighted by molar-refractivity contribution is -0.115. The molecule has 1 saturated carbocycles. The number of imide groups is 1. The highest BCUT2D eigenvalue weighted by Gasteiger charge is 2.29. The number of thiophene rings is 1. The minimum absolute atomic E-state index is 0.110. The fourth-order valence-electron chi connectivity index (χ4n) is 2.60. The van der Waals surface area contributed by atoms with Gasteiger partial charge in [0.15, 0.2) is 5.37 Å². The SMILES string of the molecule is O=C(NC(=O)c1ccsc1NC(=O)C1Nc2cnccc2S1)OC1CCC1. The predicted molar refractivity (Wildman–Crippen MR) is 102 cm³/mol. The standard InChI is InChI=1S/C17H16N4O4S2/c22-13(21-17(24)25-9-2-1-3-9)10-5-7-26-15(10)20-14(23)16-19-11-8-18-6-4-12(11)27-16/h4-9,16,19H,1-3H2,(H,20,23)(H,21,22,24). The summed E-state index contributed by atoms with van der Waals surface area (Å²) in [5.41, 5.74) is 1.02. The van der Waals surface area contributed by atoms with Crippen molar-refractivity contribution in [3.8, 4) is 0 Å². The number of fused-ring (bicyclic) bond motifs is 1. The number of anilines is 2. The summed E-state index contributed by atoms with van der Waals surface area (Å²) in [6.45, 7) is 0. The van der Waals surface area contributed by atoms with Gasteiger partial charge in [-0.05, 0) is 36.8 Å². The van der Waals surface area contributed by atoms with E-state index in [4.69, 9.17) is 4.74 Å². The van der Waals surface area contributed by atoms with Crippen LogP contribution in [0.5, 0.6) is 0 Å². The van der Waals surface area contributed by atoms with E-state index in [1.165, 1.54) is 23.1 Å². The molecule has 2 aliphatic rings. The monoisotopic (exact) mass is 404 g/mol. The number of alkyl carbamates (subject to hydrolysis) is 1. The number of hydrogen-bond donors (Lipinski definition) is 3. The molecule has 0 aromatic carbocycles. The molecule has 3 N–H and O–H groups in total. The Hall–Kier alpha value is -2.59. The van der Waals surface area contributed by atoms with E-state index in [0.717, 1.165) is 29.8 Å². The van der Waals surface area contributed by atoms with Crippen molar-refractivity contribution in [2.75, 3.05) is 10.6 Å². The molecule has 1 atom stereocenters. The molecule has 1 aliphatic carbocycles. The number of amides is 3. The molecule has 140 valence electrons. The van der Waals surface area contributed by atoms with Crippen LogP contribution < -0.4 is 16.0 Å². The van der Waals surface area contributed by atoms with Gasteiger partial charge < -0.3 is 15.4 Å². The molecule has 1 aliphatic heterocycles. The lowest BCUT2D eigenvalue weighted by Crippen LogP contribution is -2.36. The van der Waals surface area contributed by atoms with Crippen molar-refractivity contribution < 1.29 is 19.1 Å². The molecular weight excluding hydrogens is 388 g/mol. The van der Waals surface area contributed by atoms with Crippen LogP contribution in [-0.4, -0.2) is 34.4 Å². The fourth-order valence-corrected chi connectivity index (χ4v) is 4.37. The van der Waals surface area contributed by atoms with Gasteiger partial charge in [0.05, 0.1) is 17.4 Å². The molecule has 3 amide bonds. The Morgan fingerprint density at radius 3 is 2.85 bits per heavy atom. The molecule has 2 aromatic rings. The Morgan fingerprint density at radius 1 is 1.26 bits per heavy atom. The average molecular weight is 404 g/mol. The normalized spacial score (nSPS) is 18.0. The largest absolute Gasteiger partial charge is 0.446 e. The Labute approximate surface area is 163 Å². The molecular formula is C17H16N4O4S2. The lowest BCUT2D eigenvalue weighted by atomic mass is 9.96. The Bertz CT molecular complexity index is 872. The molecule has 0 spiro atoms. The smallest absolute Gasteiger partial charge is 0.414 e. The highest BCUT2D eigenvalue weighted by molar-refractivity contribution is 8.01. The molecule has 0 radical (unpaired) electrons. The van der Waals surface area contributed by atoms with E-state index < -0.39 is 17.4 Å². The van der Waals surface area contributed by atoms with E-state index in [0.29, 0.717) is 5.00 Å². The Kier molecular flexibility index (Phi) is 4.99. The van der Waals surface area contributed by atoms with Gasteiger partial charge in [-0.2, -0.15) is 0 Å². The molecule has 1 fully saturated rings. The van der Waals surface area contributed by atoms with E-state index in [-0.39, 0.29) is 17.6 Å². The predicted octanol–water partition coefficient (Wildman–Crippen LogP) is 3.04. The summed E-state index contributed by atoms with van der Waals surface area (Å²) in [5, 5.41) is 9.57. The third-order valence-electron chi connectivity index (χ3n) is 4.24. The van der Waals surface area contributed by atoms with Crippen LogP contribution in [-0.2, 0) is 9.53 Å². The Balaban J connectivity index is 1.36. The van der Waals surface area contributed by atoms with Gasteiger partial charge in [-0.25, -0.2) is 4.79 Å². The minimum Gasteiger partial charge on any atom is -0.446 e. The van der Waals surface area contributed by atoms with Crippen LogP contribution in [0.15, 0.2) is 34.8 Å². The number of nitrogens with one attached hydrogen (secondary N) is 3. The molecule has 8 nitrogen and oxygen atoms in total. The first-order valence-electron chi connectivity index (χ1n) is 8.37. The molecule has 4 rings (SSSR count). The van der Waals surface area contributed by atoms with Crippen molar-refractivity contribution in [2.24, 2.45) is 0 Å². The maximum Gasteiger partial charge on any atom is 0.414 e. The molecule has 27 heavy (non-hydrogen) atoms. The number of ether oxygens (including phenoxy) is 1. The van der Waals surface area contributed by atoms with Gasteiger partial charge in [0.2, 0.25) is 0 Å². The number of carbonyl (C=O) groups is 3. The molecule has 1 unspecified atom stereocenters. The van der Waals surface area contributed by atoms with Crippen molar-refractivity contribution in [3.05, 3.63) is 35.5 Å². The van der Waals surface area contributed by atoms with Crippen LogP contribution in [0, 0.1) is 0 Å². The first kappa shape index (κ1) is 17.8. The highest BCUT2D eigenvalue weighted by Crippen LogP contribution is 2.38. The zero-order valence-electron chi connectivity index (χ0n) is 14.1. The van der Waals surface area contributed by atoms with Gasteiger partial charge in [-0.15, -0.1) is 11.3 Å². The number of nitrogens with zero attached hydrogens (tertiary/aromatic N) is 1. The first-order chi connectivity index (χ1) is 13.1. The third-order valence-corrected chi connectivity index (χ3v) is 6.25. The molecule has 0 bridgehead atoms. The zero-order chi connectivity index (χ0) is 18.8. The molecule has 10 heteroatoms. The van der Waals surface area contributed by atoms with Crippen molar-refractivity contribution in [2.45, 2.75) is 35.6 Å². The van der Waals surface area contributed by atoms with Crippen molar-refractivity contribution in [3.63, 3.8) is 0 Å². The van der Waals surface area contributed by atoms with Crippen molar-refractivity contribution in [1.29, 1.82) is 0 Å². The molecule has 0 saturated heterocycles. The lowest BCUT2D eigenvalue weighted by Gasteiger charge is -2.24. The Morgan fingerprint density at radius 2 is 2.11 bits per heavy atom. The zero-order valence-corrected chi connectivity index (χ0v) is 15.7. The van der Waals surface area contributed by atoms with E-state index in [1.54, 1.807) is 23.8 Å². The quantitative estimate of drug-likeness (QED) is 0.718. The number of hydrogen-bond acceptors (Lipinski definition) is 8. The van der Waals surface area contributed by atoms with Crippen LogP contribution >= 0.6 is 23.1 Å². The fraction of sp³-hybridized carbons (Fsp3) is 0.294. The van der Waals surface area contributed by atoms with E-state index >= 15 is 0 Å². The summed E-state index contributed by atoms with van der Waals surface area (Å²) in [7, 11) is 0. The van der Waals surface area contributed by atoms with Crippen LogP contribution in [0.1, 0.15) is 29.6 Å². The summed E-state index contributed by atoms with van der Waals surface area (Å²) >= 11 is 2.58.